The summed E-state index contributed by atoms with van der Waals surface area (Å²) in [5, 5.41) is 0. The van der Waals surface area contributed by atoms with Crippen molar-refractivity contribution in [3.63, 3.8) is 0 Å². The molecule has 0 aliphatic heterocycles. The van der Waals surface area contributed by atoms with E-state index < -0.39 is 25.9 Å². The molecule has 96 valence electrons. The van der Waals surface area contributed by atoms with Crippen LogP contribution in [0.4, 0.5) is 18.9 Å². The van der Waals surface area contributed by atoms with Crippen LogP contribution in [0.5, 0.6) is 0 Å². The molecule has 0 bridgehead atoms. The first-order valence-electron chi connectivity index (χ1n) is 4.45. The van der Waals surface area contributed by atoms with Gasteiger partial charge in [-0.3, -0.25) is 0 Å². The van der Waals surface area contributed by atoms with Gasteiger partial charge in [0, 0.05) is 12.1 Å². The number of hydrogen-bond donors (Lipinski definition) is 1. The first-order chi connectivity index (χ1) is 7.46. The van der Waals surface area contributed by atoms with Gasteiger partial charge in [0.2, 0.25) is 0 Å². The van der Waals surface area contributed by atoms with Gasteiger partial charge in [-0.05, 0) is 12.1 Å². The SMILES string of the molecule is C[N+](C)(c1ccc(C(F)(F)F)cc1)S(=O)(=O)O. The number of benzene rings is 1. The first kappa shape index (κ1) is 13.9. The van der Waals surface area contributed by atoms with Crippen LogP contribution in [0.25, 0.3) is 0 Å². The molecule has 0 saturated heterocycles. The molecule has 0 radical (unpaired) electrons. The summed E-state index contributed by atoms with van der Waals surface area (Å²) in [5.74, 6) is 0. The third kappa shape index (κ3) is 2.76. The molecule has 0 heterocycles. The molecule has 0 aromatic heterocycles. The lowest BCUT2D eigenvalue weighted by Crippen LogP contribution is -2.45. The Labute approximate surface area is 96.8 Å². The molecule has 0 aliphatic carbocycles. The van der Waals surface area contributed by atoms with Gasteiger partial charge >= 0.3 is 16.5 Å². The fourth-order valence-electron chi connectivity index (χ4n) is 1.14. The number of nitrogens with zero attached hydrogens (tertiary/aromatic N) is 1. The molecule has 0 spiro atoms. The smallest absolute Gasteiger partial charge is 0.241 e. The van der Waals surface area contributed by atoms with E-state index in [1.54, 1.807) is 0 Å². The highest BCUT2D eigenvalue weighted by Crippen LogP contribution is 2.31. The van der Waals surface area contributed by atoms with Crippen molar-refractivity contribution >= 4 is 16.0 Å². The second-order valence-corrected chi connectivity index (χ2v) is 5.65. The highest BCUT2D eigenvalue weighted by molar-refractivity contribution is 7.85. The van der Waals surface area contributed by atoms with Crippen molar-refractivity contribution in [1.29, 1.82) is 0 Å². The Morgan fingerprint density at radius 3 is 1.82 bits per heavy atom. The predicted octanol–water partition coefficient (Wildman–Crippen LogP) is 2.08. The van der Waals surface area contributed by atoms with Gasteiger partial charge in [-0.15, -0.1) is 8.42 Å². The average Bonchev–Trinajstić information content (AvgIpc) is 2.15. The molecule has 0 unspecified atom stereocenters. The Hall–Kier alpha value is -1.12. The lowest BCUT2D eigenvalue weighted by molar-refractivity contribution is -0.137. The summed E-state index contributed by atoms with van der Waals surface area (Å²) in [6, 6.07) is 3.55. The summed E-state index contributed by atoms with van der Waals surface area (Å²) in [6.07, 6.45) is -4.48. The molecule has 8 heteroatoms. The maximum Gasteiger partial charge on any atom is 0.437 e. The van der Waals surface area contributed by atoms with Crippen molar-refractivity contribution < 1.29 is 26.1 Å². The number of quaternary nitrogens is 1. The van der Waals surface area contributed by atoms with Crippen LogP contribution in [0.3, 0.4) is 0 Å². The van der Waals surface area contributed by atoms with Crippen LogP contribution in [0.2, 0.25) is 0 Å². The minimum Gasteiger partial charge on any atom is -0.241 e. The summed E-state index contributed by atoms with van der Waals surface area (Å²) < 4.78 is 66.9. The van der Waals surface area contributed by atoms with E-state index in [0.717, 1.165) is 38.4 Å². The van der Waals surface area contributed by atoms with Crippen molar-refractivity contribution in [2.45, 2.75) is 6.18 Å². The molecule has 1 aromatic rings. The first-order valence-corrected chi connectivity index (χ1v) is 5.85. The topological polar surface area (TPSA) is 54.4 Å². The van der Waals surface area contributed by atoms with Crippen LogP contribution in [-0.4, -0.2) is 27.1 Å². The molecule has 0 aliphatic rings. The van der Waals surface area contributed by atoms with Crippen molar-refractivity contribution in [1.82, 2.24) is 3.89 Å². The normalized spacial score (nSPS) is 13.8. The van der Waals surface area contributed by atoms with Crippen molar-refractivity contribution in [3.05, 3.63) is 29.8 Å². The second kappa shape index (κ2) is 3.97. The molecule has 4 nitrogen and oxygen atoms in total. The van der Waals surface area contributed by atoms with Gasteiger partial charge in [-0.1, -0.05) is 0 Å². The van der Waals surface area contributed by atoms with Gasteiger partial charge in [0.15, 0.2) is 0 Å². The van der Waals surface area contributed by atoms with Crippen LogP contribution < -0.4 is 3.89 Å². The lowest BCUT2D eigenvalue weighted by atomic mass is 10.2. The second-order valence-electron chi connectivity index (χ2n) is 3.84. The Kier molecular flexibility index (Phi) is 3.25. The zero-order chi connectivity index (χ0) is 13.5. The van der Waals surface area contributed by atoms with E-state index in [2.05, 4.69) is 0 Å². The summed E-state index contributed by atoms with van der Waals surface area (Å²) in [5.41, 5.74) is -0.850. The molecule has 17 heavy (non-hydrogen) atoms. The van der Waals surface area contributed by atoms with Gasteiger partial charge in [0.1, 0.15) is 5.69 Å². The van der Waals surface area contributed by atoms with E-state index in [1.165, 1.54) is 0 Å². The lowest BCUT2D eigenvalue weighted by Gasteiger charge is -2.24. The van der Waals surface area contributed by atoms with Crippen LogP contribution in [0, 0.1) is 0 Å². The van der Waals surface area contributed by atoms with Crippen LogP contribution in [0.1, 0.15) is 5.56 Å². The number of halogens is 3. The maximum atomic E-state index is 12.3. The fourth-order valence-corrected chi connectivity index (χ4v) is 1.53. The van der Waals surface area contributed by atoms with Crippen molar-refractivity contribution in [2.24, 2.45) is 0 Å². The van der Waals surface area contributed by atoms with Gasteiger partial charge in [0.25, 0.3) is 0 Å². The molecule has 0 saturated carbocycles. The van der Waals surface area contributed by atoms with Gasteiger partial charge in [0.05, 0.1) is 19.7 Å². The largest absolute Gasteiger partial charge is 0.437 e. The molecule has 0 atom stereocenters. The van der Waals surface area contributed by atoms with E-state index >= 15 is 0 Å². The molecule has 0 fully saturated rings. The maximum absolute atomic E-state index is 12.3. The Bertz CT molecular complexity index is 505. The Morgan fingerprint density at radius 1 is 1.12 bits per heavy atom. The highest BCUT2D eigenvalue weighted by Gasteiger charge is 2.35. The number of hydrogen-bond acceptors (Lipinski definition) is 2. The van der Waals surface area contributed by atoms with E-state index in [-0.39, 0.29) is 5.69 Å². The average molecular weight is 270 g/mol. The molecule has 1 aromatic carbocycles. The van der Waals surface area contributed by atoms with Crippen LogP contribution in [0.15, 0.2) is 24.3 Å². The van der Waals surface area contributed by atoms with E-state index in [0.29, 0.717) is 0 Å². The minimum atomic E-state index is -4.48. The number of rotatable bonds is 2. The predicted molar refractivity (Wildman–Crippen MR) is 56.6 cm³/mol. The van der Waals surface area contributed by atoms with E-state index in [9.17, 15) is 21.6 Å². The van der Waals surface area contributed by atoms with Crippen LogP contribution >= 0.6 is 0 Å². The monoisotopic (exact) mass is 270 g/mol. The summed E-state index contributed by atoms with van der Waals surface area (Å²) >= 11 is 0. The van der Waals surface area contributed by atoms with E-state index in [4.69, 9.17) is 4.55 Å². The molecule has 1 rings (SSSR count). The minimum absolute atomic E-state index is 0.0282. The highest BCUT2D eigenvalue weighted by atomic mass is 32.2. The van der Waals surface area contributed by atoms with Crippen molar-refractivity contribution in [3.8, 4) is 0 Å². The molecule has 1 N–H and O–H groups in total. The van der Waals surface area contributed by atoms with Gasteiger partial charge in [-0.2, -0.15) is 17.1 Å². The van der Waals surface area contributed by atoms with Crippen LogP contribution in [-0.2, 0) is 16.5 Å². The Balaban J connectivity index is 3.21. The third-order valence-electron chi connectivity index (χ3n) is 2.39. The summed E-state index contributed by atoms with van der Waals surface area (Å²) in [4.78, 5) is 0. The van der Waals surface area contributed by atoms with Crippen molar-refractivity contribution in [2.75, 3.05) is 14.1 Å². The van der Waals surface area contributed by atoms with Gasteiger partial charge in [-0.25, -0.2) is 4.55 Å². The molecular formula is C9H11F3NO3S+. The molecular weight excluding hydrogens is 259 g/mol. The quantitative estimate of drug-likeness (QED) is 0.661. The zero-order valence-corrected chi connectivity index (χ0v) is 9.88. The van der Waals surface area contributed by atoms with E-state index in [1.807, 2.05) is 0 Å². The number of alkyl halides is 3. The zero-order valence-electron chi connectivity index (χ0n) is 9.06. The fraction of sp³-hybridized carbons (Fsp3) is 0.333. The Morgan fingerprint density at radius 2 is 1.53 bits per heavy atom. The third-order valence-corrected chi connectivity index (χ3v) is 3.76. The summed E-state index contributed by atoms with van der Waals surface area (Å²) in [7, 11) is -2.15. The standard InChI is InChI=1S/C9H10F3NO3S/c1-13(2,17(14,15)16)8-5-3-7(4-6-8)9(10,11)12/h3-6H,1-2H3/p+1. The van der Waals surface area contributed by atoms with Gasteiger partial charge < -0.3 is 0 Å². The summed E-state index contributed by atoms with van der Waals surface area (Å²) in [6.45, 7) is 0. The molecule has 0 amide bonds.